The van der Waals surface area contributed by atoms with Crippen LogP contribution in [0, 0.1) is 13.8 Å². The predicted molar refractivity (Wildman–Crippen MR) is 64.5 cm³/mol. The molecule has 0 radical (unpaired) electrons. The van der Waals surface area contributed by atoms with E-state index in [9.17, 15) is 5.11 Å². The van der Waals surface area contributed by atoms with E-state index in [0.29, 0.717) is 0 Å². The number of aryl methyl sites for hydroxylation is 3. The van der Waals surface area contributed by atoms with E-state index in [-0.39, 0.29) is 6.61 Å². The summed E-state index contributed by atoms with van der Waals surface area (Å²) in [6, 6.07) is 0. The number of hydrogen-bond acceptors (Lipinski definition) is 3. The van der Waals surface area contributed by atoms with Gasteiger partial charge in [-0.25, -0.2) is 4.98 Å². The maximum atomic E-state index is 9.22. The Labute approximate surface area is 101 Å². The van der Waals surface area contributed by atoms with Crippen LogP contribution in [0.2, 0.25) is 0 Å². The van der Waals surface area contributed by atoms with E-state index in [1.807, 2.05) is 31.1 Å². The molecule has 0 bridgehead atoms. The van der Waals surface area contributed by atoms with Crippen LogP contribution in [-0.4, -0.2) is 24.4 Å². The van der Waals surface area contributed by atoms with Crippen LogP contribution in [0.15, 0.2) is 18.7 Å². The van der Waals surface area contributed by atoms with E-state index in [2.05, 4.69) is 14.6 Å². The summed E-state index contributed by atoms with van der Waals surface area (Å²) in [7, 11) is 0. The van der Waals surface area contributed by atoms with Gasteiger partial charge in [-0.3, -0.25) is 4.68 Å². The molecule has 0 aliphatic carbocycles. The third-order valence-corrected chi connectivity index (χ3v) is 3.03. The molecule has 2 aromatic rings. The van der Waals surface area contributed by atoms with Crippen molar-refractivity contribution in [1.29, 1.82) is 0 Å². The van der Waals surface area contributed by atoms with E-state index in [1.165, 1.54) is 0 Å². The summed E-state index contributed by atoms with van der Waals surface area (Å²) in [6.07, 6.45) is 6.57. The van der Waals surface area contributed by atoms with Crippen LogP contribution < -0.4 is 0 Å². The molecule has 0 fully saturated rings. The van der Waals surface area contributed by atoms with Gasteiger partial charge in [0, 0.05) is 36.7 Å². The highest BCUT2D eigenvalue weighted by molar-refractivity contribution is 5.23. The molecular formula is C12H18N4O. The highest BCUT2D eigenvalue weighted by Crippen LogP contribution is 2.13. The predicted octanol–water partition coefficient (Wildman–Crippen LogP) is 1.28. The maximum absolute atomic E-state index is 9.22. The average molecular weight is 234 g/mol. The fraction of sp³-hybridized carbons (Fsp3) is 0.500. The summed E-state index contributed by atoms with van der Waals surface area (Å²) < 4.78 is 4.02. The van der Waals surface area contributed by atoms with Gasteiger partial charge in [0.1, 0.15) is 0 Å². The Morgan fingerprint density at radius 2 is 2.12 bits per heavy atom. The van der Waals surface area contributed by atoms with Crippen LogP contribution in [0.25, 0.3) is 0 Å². The number of aliphatic hydroxyl groups excluding tert-OH is 1. The number of rotatable bonds is 5. The molecule has 92 valence electrons. The zero-order chi connectivity index (χ0) is 12.3. The lowest BCUT2D eigenvalue weighted by molar-refractivity contribution is 0.280. The van der Waals surface area contributed by atoms with Gasteiger partial charge >= 0.3 is 0 Å². The fourth-order valence-electron chi connectivity index (χ4n) is 2.00. The molecule has 0 spiro atoms. The molecule has 5 heteroatoms. The van der Waals surface area contributed by atoms with Gasteiger partial charge < -0.3 is 9.67 Å². The Morgan fingerprint density at radius 1 is 1.29 bits per heavy atom. The molecule has 0 saturated carbocycles. The standard InChI is InChI=1S/C12H18N4O/c1-10-12(8-17)11(2)16(14-10)6-3-5-15-7-4-13-9-15/h4,7,9,17H,3,5-6,8H2,1-2H3. The summed E-state index contributed by atoms with van der Waals surface area (Å²) >= 11 is 0. The molecule has 0 amide bonds. The van der Waals surface area contributed by atoms with E-state index < -0.39 is 0 Å². The molecule has 0 aliphatic rings. The smallest absolute Gasteiger partial charge is 0.0945 e. The first-order valence-corrected chi connectivity index (χ1v) is 5.82. The van der Waals surface area contributed by atoms with Gasteiger partial charge in [0.2, 0.25) is 0 Å². The highest BCUT2D eigenvalue weighted by atomic mass is 16.3. The first-order valence-electron chi connectivity index (χ1n) is 5.82. The molecule has 17 heavy (non-hydrogen) atoms. The Kier molecular flexibility index (Phi) is 3.58. The lowest BCUT2D eigenvalue weighted by Crippen LogP contribution is -2.06. The number of aliphatic hydroxyl groups is 1. The van der Waals surface area contributed by atoms with Crippen LogP contribution in [-0.2, 0) is 19.7 Å². The molecular weight excluding hydrogens is 216 g/mol. The van der Waals surface area contributed by atoms with Gasteiger partial charge in [-0.1, -0.05) is 0 Å². The van der Waals surface area contributed by atoms with Crippen molar-refractivity contribution in [3.63, 3.8) is 0 Å². The molecule has 2 rings (SSSR count). The number of imidazole rings is 1. The molecule has 5 nitrogen and oxygen atoms in total. The first kappa shape index (κ1) is 11.9. The Hall–Kier alpha value is -1.62. The average Bonchev–Trinajstić information content (AvgIpc) is 2.89. The molecule has 1 N–H and O–H groups in total. The van der Waals surface area contributed by atoms with E-state index in [1.54, 1.807) is 6.20 Å². The van der Waals surface area contributed by atoms with Crippen LogP contribution in [0.5, 0.6) is 0 Å². The zero-order valence-electron chi connectivity index (χ0n) is 10.3. The van der Waals surface area contributed by atoms with Crippen LogP contribution in [0.3, 0.4) is 0 Å². The summed E-state index contributed by atoms with van der Waals surface area (Å²) in [5.74, 6) is 0. The van der Waals surface area contributed by atoms with Gasteiger partial charge in [0.15, 0.2) is 0 Å². The van der Waals surface area contributed by atoms with Gasteiger partial charge in [0.25, 0.3) is 0 Å². The molecule has 2 aromatic heterocycles. The van der Waals surface area contributed by atoms with Gasteiger partial charge in [0.05, 0.1) is 18.6 Å². The molecule has 0 saturated heterocycles. The summed E-state index contributed by atoms with van der Waals surface area (Å²) in [5, 5.41) is 13.7. The molecule has 0 aliphatic heterocycles. The van der Waals surface area contributed by atoms with Gasteiger partial charge in [-0.05, 0) is 20.3 Å². The third-order valence-electron chi connectivity index (χ3n) is 3.03. The lowest BCUT2D eigenvalue weighted by Gasteiger charge is -2.05. The number of aromatic nitrogens is 4. The number of nitrogens with zero attached hydrogens (tertiary/aromatic N) is 4. The van der Waals surface area contributed by atoms with Crippen LogP contribution in [0.1, 0.15) is 23.4 Å². The second-order valence-corrected chi connectivity index (χ2v) is 4.18. The second kappa shape index (κ2) is 5.14. The van der Waals surface area contributed by atoms with Crippen molar-refractivity contribution in [1.82, 2.24) is 19.3 Å². The van der Waals surface area contributed by atoms with Crippen molar-refractivity contribution in [2.45, 2.75) is 40.0 Å². The number of hydrogen-bond donors (Lipinski definition) is 1. The van der Waals surface area contributed by atoms with Crippen molar-refractivity contribution in [3.05, 3.63) is 35.7 Å². The topological polar surface area (TPSA) is 55.9 Å². The highest BCUT2D eigenvalue weighted by Gasteiger charge is 2.09. The first-order chi connectivity index (χ1) is 8.22. The zero-order valence-corrected chi connectivity index (χ0v) is 10.3. The quantitative estimate of drug-likeness (QED) is 0.847. The minimum atomic E-state index is 0.0686. The lowest BCUT2D eigenvalue weighted by atomic mass is 10.2. The van der Waals surface area contributed by atoms with E-state index >= 15 is 0 Å². The third kappa shape index (κ3) is 2.55. The van der Waals surface area contributed by atoms with Crippen molar-refractivity contribution in [2.75, 3.05) is 0 Å². The van der Waals surface area contributed by atoms with Crippen molar-refractivity contribution < 1.29 is 5.11 Å². The monoisotopic (exact) mass is 234 g/mol. The van der Waals surface area contributed by atoms with Gasteiger partial charge in [-0.15, -0.1) is 0 Å². The van der Waals surface area contributed by atoms with Crippen LogP contribution in [0.4, 0.5) is 0 Å². The Balaban J connectivity index is 1.95. The largest absolute Gasteiger partial charge is 0.392 e. The fourth-order valence-corrected chi connectivity index (χ4v) is 2.00. The van der Waals surface area contributed by atoms with Gasteiger partial charge in [-0.2, -0.15) is 5.10 Å². The van der Waals surface area contributed by atoms with Crippen LogP contribution >= 0.6 is 0 Å². The second-order valence-electron chi connectivity index (χ2n) is 4.18. The van der Waals surface area contributed by atoms with E-state index in [0.717, 1.165) is 36.5 Å². The molecule has 2 heterocycles. The molecule has 0 aromatic carbocycles. The molecule has 0 atom stereocenters. The SMILES string of the molecule is Cc1nn(CCCn2ccnc2)c(C)c1CO. The maximum Gasteiger partial charge on any atom is 0.0945 e. The Morgan fingerprint density at radius 3 is 2.71 bits per heavy atom. The van der Waals surface area contributed by atoms with Crippen molar-refractivity contribution in [3.8, 4) is 0 Å². The normalized spacial score (nSPS) is 11.0. The minimum absolute atomic E-state index is 0.0686. The van der Waals surface area contributed by atoms with E-state index in [4.69, 9.17) is 0 Å². The Bertz CT molecular complexity index is 473. The van der Waals surface area contributed by atoms with Crippen molar-refractivity contribution >= 4 is 0 Å². The summed E-state index contributed by atoms with van der Waals surface area (Å²) in [6.45, 7) is 5.81. The molecule has 0 unspecified atom stereocenters. The summed E-state index contributed by atoms with van der Waals surface area (Å²) in [5.41, 5.74) is 2.94. The minimum Gasteiger partial charge on any atom is -0.392 e. The summed E-state index contributed by atoms with van der Waals surface area (Å²) in [4.78, 5) is 4.00. The van der Waals surface area contributed by atoms with Crippen molar-refractivity contribution in [2.24, 2.45) is 0 Å².